The fraction of sp³-hybridized carbons (Fsp3) is 0.556. The number of benzene rings is 4. The highest BCUT2D eigenvalue weighted by molar-refractivity contribution is 6.30. The molecule has 6 nitrogen and oxygen atoms in total. The molecule has 2 aliphatic carbocycles. The summed E-state index contributed by atoms with van der Waals surface area (Å²) in [4.78, 5) is 24.4. The van der Waals surface area contributed by atoms with Gasteiger partial charge in [0, 0.05) is 5.41 Å². The molecule has 6 rings (SSSR count). The van der Waals surface area contributed by atoms with Crippen molar-refractivity contribution in [3.63, 3.8) is 0 Å². The van der Waals surface area contributed by atoms with E-state index in [1.54, 1.807) is 0 Å². The molecule has 2 aliphatic rings. The van der Waals surface area contributed by atoms with E-state index in [4.69, 9.17) is 32.7 Å². The summed E-state index contributed by atoms with van der Waals surface area (Å²) in [5, 5.41) is 19.0. The van der Waals surface area contributed by atoms with Gasteiger partial charge >= 0.3 is 11.9 Å². The first-order valence-electron chi connectivity index (χ1n) is 27.1. The fourth-order valence-electron chi connectivity index (χ4n) is 11.4. The maximum atomic E-state index is 12.2. The van der Waals surface area contributed by atoms with Crippen LogP contribution in [0.1, 0.15) is 194 Å². The Morgan fingerprint density at radius 1 is 0.620 bits per heavy atom. The number of halogens is 2. The number of hydrogen-bond acceptors (Lipinski definition) is 6. The number of esters is 2. The minimum absolute atomic E-state index is 0.0740. The van der Waals surface area contributed by atoms with E-state index in [-0.39, 0.29) is 16.2 Å². The van der Waals surface area contributed by atoms with Crippen molar-refractivity contribution in [1.82, 2.24) is 0 Å². The number of nitriles is 2. The highest BCUT2D eigenvalue weighted by Crippen LogP contribution is 2.56. The lowest BCUT2D eigenvalue weighted by atomic mass is 9.52. The van der Waals surface area contributed by atoms with Gasteiger partial charge in [0.1, 0.15) is 22.3 Å². The summed E-state index contributed by atoms with van der Waals surface area (Å²) < 4.78 is 10.9. The predicted molar refractivity (Wildman–Crippen MR) is 294 cm³/mol. The molecule has 0 N–H and O–H groups in total. The van der Waals surface area contributed by atoms with Gasteiger partial charge < -0.3 is 9.47 Å². The normalized spacial score (nSPS) is 19.3. The van der Waals surface area contributed by atoms with Crippen molar-refractivity contribution in [2.45, 2.75) is 199 Å². The molecular weight excluding hydrogens is 920 g/mol. The Bertz CT molecular complexity index is 2310. The quantitative estimate of drug-likeness (QED) is 0.0336. The SMILES string of the molecule is CCCC(C#N)(CC)C1(c2ccc(-c3ccc(OC(=O)C(Cl)CC(C)C)cc3)cc2)CCCCC1.CCCCCCCC1(C#N)CCC(c2ccc(-c3ccc(OC(=O)C(Cl)CC(C)C)cc3)cc2)CC1. The number of hydrogen-bond donors (Lipinski definition) is 0. The van der Waals surface area contributed by atoms with Crippen LogP contribution in [0.4, 0.5) is 0 Å². The van der Waals surface area contributed by atoms with Crippen LogP contribution in [0.2, 0.25) is 0 Å². The second-order valence-corrected chi connectivity index (χ2v) is 22.6. The zero-order valence-corrected chi connectivity index (χ0v) is 45.6. The zero-order chi connectivity index (χ0) is 51.4. The molecule has 0 saturated heterocycles. The van der Waals surface area contributed by atoms with E-state index in [1.807, 2.05) is 76.2 Å². The van der Waals surface area contributed by atoms with Gasteiger partial charge in [-0.2, -0.15) is 10.5 Å². The Morgan fingerprint density at radius 2 is 1.07 bits per heavy atom. The molecule has 0 amide bonds. The lowest BCUT2D eigenvalue weighted by Crippen LogP contribution is -2.46. The van der Waals surface area contributed by atoms with Crippen molar-refractivity contribution in [1.29, 1.82) is 10.5 Å². The molecular formula is C63H82Cl2N2O4. The second kappa shape index (κ2) is 28.0. The Morgan fingerprint density at radius 3 is 1.48 bits per heavy atom. The second-order valence-electron chi connectivity index (χ2n) is 21.6. The maximum Gasteiger partial charge on any atom is 0.329 e. The summed E-state index contributed by atoms with van der Waals surface area (Å²) >= 11 is 12.3. The lowest BCUT2D eigenvalue weighted by Gasteiger charge is -2.49. The Kier molecular flexibility index (Phi) is 22.6. The molecule has 0 spiro atoms. The molecule has 2 fully saturated rings. The molecule has 0 aliphatic heterocycles. The van der Waals surface area contributed by atoms with Gasteiger partial charge in [-0.3, -0.25) is 9.59 Å². The number of rotatable bonds is 22. The van der Waals surface area contributed by atoms with Crippen LogP contribution in [0.3, 0.4) is 0 Å². The predicted octanol–water partition coefficient (Wildman–Crippen LogP) is 18.3. The van der Waals surface area contributed by atoms with Crippen LogP contribution in [0.25, 0.3) is 22.3 Å². The van der Waals surface area contributed by atoms with Crippen molar-refractivity contribution >= 4 is 35.1 Å². The van der Waals surface area contributed by atoms with E-state index in [9.17, 15) is 20.1 Å². The first kappa shape index (κ1) is 57.3. The van der Waals surface area contributed by atoms with Crippen molar-refractivity contribution < 1.29 is 19.1 Å². The summed E-state index contributed by atoms with van der Waals surface area (Å²) in [6.07, 6.45) is 21.5. The van der Waals surface area contributed by atoms with Crippen molar-refractivity contribution in [2.75, 3.05) is 0 Å². The molecule has 0 heterocycles. The highest BCUT2D eigenvalue weighted by Gasteiger charge is 2.51. The van der Waals surface area contributed by atoms with Crippen LogP contribution in [-0.2, 0) is 15.0 Å². The van der Waals surface area contributed by atoms with E-state index >= 15 is 0 Å². The van der Waals surface area contributed by atoms with Gasteiger partial charge in [0.15, 0.2) is 0 Å². The third kappa shape index (κ3) is 15.7. The summed E-state index contributed by atoms with van der Waals surface area (Å²) in [7, 11) is 0. The lowest BCUT2D eigenvalue weighted by molar-refractivity contribution is -0.135. The van der Waals surface area contributed by atoms with E-state index in [2.05, 4.69) is 81.4 Å². The molecule has 8 heteroatoms. The van der Waals surface area contributed by atoms with Crippen LogP contribution < -0.4 is 9.47 Å². The van der Waals surface area contributed by atoms with E-state index < -0.39 is 22.7 Å². The van der Waals surface area contributed by atoms with Gasteiger partial charge in [0.25, 0.3) is 0 Å². The first-order chi connectivity index (χ1) is 34.2. The first-order valence-corrected chi connectivity index (χ1v) is 28.0. The number of carbonyl (C=O) groups is 2. The van der Waals surface area contributed by atoms with E-state index in [1.165, 1.54) is 62.5 Å². The molecule has 0 radical (unpaired) electrons. The minimum atomic E-state index is -0.634. The van der Waals surface area contributed by atoms with Gasteiger partial charge in [-0.05, 0) is 146 Å². The third-order valence-electron chi connectivity index (χ3n) is 15.6. The fourth-order valence-corrected chi connectivity index (χ4v) is 12.2. The Balaban J connectivity index is 0.000000264. The van der Waals surface area contributed by atoms with E-state index in [0.29, 0.717) is 42.1 Å². The molecule has 0 bridgehead atoms. The number of ether oxygens (including phenoxy) is 2. The molecule has 4 aromatic carbocycles. The molecule has 3 unspecified atom stereocenters. The molecule has 382 valence electrons. The zero-order valence-electron chi connectivity index (χ0n) is 44.0. The highest BCUT2D eigenvalue weighted by atomic mass is 35.5. The summed E-state index contributed by atoms with van der Waals surface area (Å²) in [6.45, 7) is 14.8. The Hall–Kier alpha value is -4.62. The smallest absolute Gasteiger partial charge is 0.329 e. The van der Waals surface area contributed by atoms with Crippen molar-refractivity contribution in [3.05, 3.63) is 108 Å². The van der Waals surface area contributed by atoms with Gasteiger partial charge in [-0.1, -0.05) is 179 Å². The molecule has 0 aromatic heterocycles. The van der Waals surface area contributed by atoms with Gasteiger partial charge in [0.05, 0.1) is 23.0 Å². The Labute approximate surface area is 438 Å². The van der Waals surface area contributed by atoms with Crippen LogP contribution in [-0.4, -0.2) is 22.7 Å². The number of unbranched alkanes of at least 4 members (excludes halogenated alkanes) is 4. The average molecular weight is 1000 g/mol. The minimum Gasteiger partial charge on any atom is -0.425 e. The monoisotopic (exact) mass is 1000 g/mol. The summed E-state index contributed by atoms with van der Waals surface area (Å²) in [5.74, 6) is 1.44. The number of carbonyl (C=O) groups excluding carboxylic acids is 2. The van der Waals surface area contributed by atoms with Gasteiger partial charge in [0.2, 0.25) is 0 Å². The third-order valence-corrected chi connectivity index (χ3v) is 16.3. The summed E-state index contributed by atoms with van der Waals surface area (Å²) in [6, 6.07) is 38.4. The number of alkyl halides is 2. The van der Waals surface area contributed by atoms with E-state index in [0.717, 1.165) is 86.5 Å². The number of nitrogens with zero attached hydrogens (tertiary/aromatic N) is 2. The summed E-state index contributed by atoms with van der Waals surface area (Å²) in [5.41, 5.74) is 6.59. The van der Waals surface area contributed by atoms with Crippen molar-refractivity contribution in [2.24, 2.45) is 22.7 Å². The molecule has 3 atom stereocenters. The van der Waals surface area contributed by atoms with Gasteiger partial charge in [-0.25, -0.2) is 0 Å². The van der Waals surface area contributed by atoms with Crippen LogP contribution in [0, 0.1) is 45.3 Å². The molecule has 4 aromatic rings. The van der Waals surface area contributed by atoms with Gasteiger partial charge in [-0.15, -0.1) is 23.2 Å². The standard InChI is InChI=1S/C32H42ClNO2.C31H40ClNO2/c1-4-5-6-7-8-19-32(23-34)20-17-28(18-21-32)26-11-9-25(10-12-26)27-13-15-29(16-14-27)36-31(35)30(33)22-24(2)3;1-5-18-30(6-2,22-33)31(19-8-7-9-20-31)26-14-10-24(11-15-26)25-12-16-27(17-13-25)35-29(34)28(32)21-23(3)4/h9-16,24,28,30H,4-8,17-22H2,1-3H3;10-17,23,28H,5-9,18-21H2,1-4H3. The largest absolute Gasteiger partial charge is 0.425 e. The van der Waals surface area contributed by atoms with Crippen LogP contribution >= 0.6 is 23.2 Å². The van der Waals surface area contributed by atoms with Crippen LogP contribution in [0.5, 0.6) is 11.5 Å². The topological polar surface area (TPSA) is 100 Å². The average Bonchev–Trinajstić information content (AvgIpc) is 3.38. The molecule has 2 saturated carbocycles. The van der Waals surface area contributed by atoms with Crippen molar-refractivity contribution in [3.8, 4) is 45.9 Å². The molecule has 71 heavy (non-hydrogen) atoms. The maximum absolute atomic E-state index is 12.2. The van der Waals surface area contributed by atoms with Crippen LogP contribution in [0.15, 0.2) is 97.1 Å².